The van der Waals surface area contributed by atoms with Gasteiger partial charge in [0.15, 0.2) is 0 Å². The Morgan fingerprint density at radius 2 is 1.97 bits per heavy atom. The number of fused-ring (bicyclic) bond motifs is 4. The van der Waals surface area contributed by atoms with Gasteiger partial charge in [0.05, 0.1) is 4.90 Å². The van der Waals surface area contributed by atoms with E-state index in [9.17, 15) is 8.42 Å². The number of anilines is 3. The van der Waals surface area contributed by atoms with Crippen molar-refractivity contribution in [1.82, 2.24) is 14.3 Å². The molecule has 2 heterocycles. The van der Waals surface area contributed by atoms with Crippen molar-refractivity contribution in [3.8, 4) is 11.1 Å². The van der Waals surface area contributed by atoms with Crippen LogP contribution in [0.2, 0.25) is 0 Å². The molecule has 1 aromatic heterocycles. The maximum atomic E-state index is 12.8. The van der Waals surface area contributed by atoms with Crippen LogP contribution in [0.3, 0.4) is 0 Å². The molecular weight excluding hydrogens is 398 g/mol. The van der Waals surface area contributed by atoms with E-state index in [-0.39, 0.29) is 4.90 Å². The summed E-state index contributed by atoms with van der Waals surface area (Å²) >= 11 is 0. The van der Waals surface area contributed by atoms with Gasteiger partial charge in [0.1, 0.15) is 5.82 Å². The highest BCUT2D eigenvalue weighted by atomic mass is 32.2. The van der Waals surface area contributed by atoms with Crippen LogP contribution in [0.25, 0.3) is 11.1 Å². The van der Waals surface area contributed by atoms with Crippen LogP contribution in [0.1, 0.15) is 18.9 Å². The van der Waals surface area contributed by atoms with Gasteiger partial charge in [-0.1, -0.05) is 37.3 Å². The molecule has 2 N–H and O–H groups in total. The molecule has 0 aliphatic carbocycles. The quantitative estimate of drug-likeness (QED) is 0.650. The predicted octanol–water partition coefficient (Wildman–Crippen LogP) is 3.89. The smallest absolute Gasteiger partial charge is 0.242 e. The molecule has 2 aromatic carbocycles. The Morgan fingerprint density at radius 3 is 2.80 bits per heavy atom. The minimum Gasteiger partial charge on any atom is -0.369 e. The minimum absolute atomic E-state index is 0.246. The number of aryl methyl sites for hydroxylation is 1. The van der Waals surface area contributed by atoms with Crippen molar-refractivity contribution in [3.05, 3.63) is 60.3 Å². The zero-order valence-electron chi connectivity index (χ0n) is 17.1. The Kier molecular flexibility index (Phi) is 5.69. The van der Waals surface area contributed by atoms with Crippen LogP contribution in [0, 0.1) is 0 Å². The van der Waals surface area contributed by atoms with Gasteiger partial charge in [-0.15, -0.1) is 0 Å². The number of rotatable bonds is 2. The average molecular weight is 424 g/mol. The first-order chi connectivity index (χ1) is 14.5. The number of sulfonamides is 1. The monoisotopic (exact) mass is 423 g/mol. The summed E-state index contributed by atoms with van der Waals surface area (Å²) in [4.78, 5) is 9.40. The lowest BCUT2D eigenvalue weighted by Crippen LogP contribution is -2.29. The largest absolute Gasteiger partial charge is 0.369 e. The normalized spacial score (nSPS) is 16.3. The molecule has 3 aromatic rings. The van der Waals surface area contributed by atoms with Crippen LogP contribution in [0.4, 0.5) is 17.5 Å². The van der Waals surface area contributed by atoms with Crippen LogP contribution in [0.5, 0.6) is 0 Å². The predicted molar refractivity (Wildman–Crippen MR) is 119 cm³/mol. The van der Waals surface area contributed by atoms with Gasteiger partial charge in [-0.3, -0.25) is 0 Å². The summed E-state index contributed by atoms with van der Waals surface area (Å²) in [5, 5.41) is 6.50. The summed E-state index contributed by atoms with van der Waals surface area (Å²) in [6.45, 7) is 3.13. The van der Waals surface area contributed by atoms with E-state index in [1.165, 1.54) is 9.87 Å². The number of hydrogen-bond acceptors (Lipinski definition) is 6. The molecule has 7 nitrogen and oxygen atoms in total. The lowest BCUT2D eigenvalue weighted by atomic mass is 10.0. The first kappa shape index (κ1) is 20.3. The first-order valence-corrected chi connectivity index (χ1v) is 11.4. The Morgan fingerprint density at radius 1 is 1.13 bits per heavy atom. The van der Waals surface area contributed by atoms with Crippen LogP contribution in [-0.4, -0.2) is 42.8 Å². The van der Waals surface area contributed by atoms with Gasteiger partial charge >= 0.3 is 0 Å². The van der Waals surface area contributed by atoms with Gasteiger partial charge < -0.3 is 10.6 Å². The van der Waals surface area contributed by atoms with Crippen LogP contribution in [0.15, 0.2) is 59.6 Å². The van der Waals surface area contributed by atoms with Crippen molar-refractivity contribution >= 4 is 27.5 Å². The van der Waals surface area contributed by atoms with E-state index in [4.69, 9.17) is 0 Å². The number of hydrogen-bond donors (Lipinski definition) is 2. The van der Waals surface area contributed by atoms with E-state index in [1.54, 1.807) is 37.5 Å². The molecule has 4 rings (SSSR count). The summed E-state index contributed by atoms with van der Waals surface area (Å²) in [5.41, 5.74) is 3.83. The number of nitrogens with zero attached hydrogens (tertiary/aromatic N) is 3. The lowest BCUT2D eigenvalue weighted by Gasteiger charge is -2.17. The molecular formula is C22H25N5O2S. The van der Waals surface area contributed by atoms with E-state index in [2.05, 4.69) is 39.7 Å². The molecule has 0 unspecified atom stereocenters. The van der Waals surface area contributed by atoms with Crippen molar-refractivity contribution in [1.29, 1.82) is 0 Å². The molecule has 0 fully saturated rings. The number of aromatic nitrogens is 2. The fraction of sp³-hybridized carbons (Fsp3) is 0.273. The van der Waals surface area contributed by atoms with Crippen LogP contribution >= 0.6 is 0 Å². The molecule has 4 bridgehead atoms. The number of nitrogens with one attached hydrogen (secondary N) is 2. The maximum Gasteiger partial charge on any atom is 0.242 e. The zero-order valence-corrected chi connectivity index (χ0v) is 17.9. The highest BCUT2D eigenvalue weighted by Crippen LogP contribution is 2.29. The van der Waals surface area contributed by atoms with Crippen molar-refractivity contribution in [2.75, 3.05) is 30.8 Å². The average Bonchev–Trinajstić information content (AvgIpc) is 2.76. The van der Waals surface area contributed by atoms with Gasteiger partial charge in [0, 0.05) is 37.6 Å². The molecule has 0 saturated heterocycles. The topological polar surface area (TPSA) is 87.2 Å². The van der Waals surface area contributed by atoms with Crippen LogP contribution < -0.4 is 10.6 Å². The van der Waals surface area contributed by atoms with E-state index in [0.29, 0.717) is 31.1 Å². The highest BCUT2D eigenvalue weighted by molar-refractivity contribution is 7.89. The maximum absolute atomic E-state index is 12.8. The lowest BCUT2D eigenvalue weighted by molar-refractivity contribution is 0.465. The van der Waals surface area contributed by atoms with Gasteiger partial charge in [-0.25, -0.2) is 17.7 Å². The first-order valence-electron chi connectivity index (χ1n) is 10.0. The summed E-state index contributed by atoms with van der Waals surface area (Å²) < 4.78 is 27.1. The van der Waals surface area contributed by atoms with E-state index in [0.717, 1.165) is 23.4 Å². The molecule has 156 valence electrons. The molecule has 1 aliphatic rings. The summed E-state index contributed by atoms with van der Waals surface area (Å²) in [7, 11) is -1.94. The van der Waals surface area contributed by atoms with E-state index in [1.807, 2.05) is 12.1 Å². The van der Waals surface area contributed by atoms with Crippen molar-refractivity contribution < 1.29 is 8.42 Å². The standard InChI is InChI=1S/C22H25N5O2S/c1-3-16-7-4-8-17(13-16)20-15-24-22-25-18-9-5-10-19(14-18)30(28,29)27(2)12-6-11-23-21(20)26-22/h4-5,7-10,13-15H,3,6,11-12H2,1-2H3,(H2,23,24,25,26). The molecule has 0 spiro atoms. The van der Waals surface area contributed by atoms with Gasteiger partial charge in [-0.2, -0.15) is 4.98 Å². The second kappa shape index (κ2) is 8.41. The van der Waals surface area contributed by atoms with Gasteiger partial charge in [0.2, 0.25) is 16.0 Å². The van der Waals surface area contributed by atoms with Crippen molar-refractivity contribution in [2.45, 2.75) is 24.7 Å². The Bertz CT molecular complexity index is 1160. The minimum atomic E-state index is -3.55. The molecule has 1 aliphatic heterocycles. The molecule has 0 saturated carbocycles. The van der Waals surface area contributed by atoms with E-state index < -0.39 is 10.0 Å². The molecule has 0 atom stereocenters. The van der Waals surface area contributed by atoms with Gasteiger partial charge in [0.25, 0.3) is 0 Å². The second-order valence-electron chi connectivity index (χ2n) is 7.27. The summed E-state index contributed by atoms with van der Waals surface area (Å²) in [6, 6.07) is 15.1. The third-order valence-corrected chi connectivity index (χ3v) is 7.03. The molecule has 30 heavy (non-hydrogen) atoms. The third-order valence-electron chi connectivity index (χ3n) is 5.18. The zero-order chi connectivity index (χ0) is 21.1. The van der Waals surface area contributed by atoms with Crippen molar-refractivity contribution in [2.24, 2.45) is 0 Å². The highest BCUT2D eigenvalue weighted by Gasteiger charge is 2.21. The second-order valence-corrected chi connectivity index (χ2v) is 9.31. The molecule has 0 amide bonds. The summed E-state index contributed by atoms with van der Waals surface area (Å²) in [5.74, 6) is 1.14. The Hall–Kier alpha value is -2.97. The molecule has 8 heteroatoms. The fourth-order valence-corrected chi connectivity index (χ4v) is 4.67. The van der Waals surface area contributed by atoms with Gasteiger partial charge in [-0.05, 0) is 42.2 Å². The fourth-order valence-electron chi connectivity index (χ4n) is 3.42. The van der Waals surface area contributed by atoms with E-state index >= 15 is 0 Å². The summed E-state index contributed by atoms with van der Waals surface area (Å²) in [6.07, 6.45) is 3.41. The Labute approximate surface area is 177 Å². The molecule has 0 radical (unpaired) electrons. The number of benzene rings is 2. The van der Waals surface area contributed by atoms with Crippen molar-refractivity contribution in [3.63, 3.8) is 0 Å². The SMILES string of the molecule is CCc1cccc(-c2cnc3nc2NCCCN(C)S(=O)(=O)c2cccc(c2)N3)c1. The third kappa shape index (κ3) is 4.15. The van der Waals surface area contributed by atoms with Crippen LogP contribution in [-0.2, 0) is 16.4 Å². The Balaban J connectivity index is 1.76.